The fourth-order valence-corrected chi connectivity index (χ4v) is 18.9. The molecule has 8 aromatic carbocycles. The SMILES string of the molecule is CC(C)(C)c1cc(-c2cccc(C(F)(F)F)c2)c([O][Zr]([CH2]c2ccccc2)([CH2]c2ccccc2)[O]c2c(-c3cccc(C(F)(F)F)c3)cc(C(C)(C)C)cc2-c2nc(-c3c(Cl)cccc3Cl)no2)c(-c2nc(-c3c(Cl)cccc3Cl)no2)c1. The third-order valence-corrected chi connectivity index (χ3v) is 22.6. The van der Waals surface area contributed by atoms with Crippen molar-refractivity contribution in [3.63, 3.8) is 0 Å². The fraction of sp³-hybridized carbons (Fsp3) is 0.188. The van der Waals surface area contributed by atoms with Crippen LogP contribution in [-0.2, 0) is 52.6 Å². The van der Waals surface area contributed by atoms with Crippen molar-refractivity contribution in [2.45, 2.75) is 73.0 Å². The predicted octanol–water partition coefficient (Wildman–Crippen LogP) is 20.5. The summed E-state index contributed by atoms with van der Waals surface area (Å²) < 4.78 is 118. The molecular formula is C64H50Cl4F6N4O4Zr. The molecule has 2 heterocycles. The Morgan fingerprint density at radius 1 is 0.410 bits per heavy atom. The molecule has 0 fully saturated rings. The van der Waals surface area contributed by atoms with Gasteiger partial charge in [0.1, 0.15) is 0 Å². The number of rotatable bonds is 14. The number of nitrogens with zero attached hydrogens (tertiary/aromatic N) is 4. The molecule has 0 saturated heterocycles. The average molecular weight is 1290 g/mol. The average Bonchev–Trinajstić information content (AvgIpc) is 4.35. The standard InChI is InChI=1S/2C25H19Cl2F3N2O2.2C7H7.Zr/c2*1-24(2,3)15-11-16(13-6-4-7-14(10-13)25(28,29)30)21(33)17(12-15)23-31-22(32-34-23)20-18(26)8-5-9-19(20)27;2*1-7-5-3-2-4-6-7;/h2*4-12,33H,1-3H3;2*2-6H,1H2;/q;;;;+2/p-2. The van der Waals surface area contributed by atoms with Crippen molar-refractivity contribution >= 4 is 46.4 Å². The van der Waals surface area contributed by atoms with E-state index in [1.165, 1.54) is 12.1 Å². The van der Waals surface area contributed by atoms with Gasteiger partial charge in [-0.15, -0.1) is 0 Å². The van der Waals surface area contributed by atoms with Gasteiger partial charge in [0.15, 0.2) is 0 Å². The molecule has 8 nitrogen and oxygen atoms in total. The Hall–Kier alpha value is -6.74. The summed E-state index contributed by atoms with van der Waals surface area (Å²) >= 11 is 21.1. The van der Waals surface area contributed by atoms with Gasteiger partial charge in [-0.25, -0.2) is 0 Å². The Morgan fingerprint density at radius 3 is 1.08 bits per heavy atom. The molecule has 10 aromatic rings. The van der Waals surface area contributed by atoms with E-state index in [1.54, 1.807) is 72.8 Å². The number of hydrogen-bond donors (Lipinski definition) is 0. The van der Waals surface area contributed by atoms with Gasteiger partial charge in [0.05, 0.1) is 0 Å². The van der Waals surface area contributed by atoms with Crippen molar-refractivity contribution in [1.82, 2.24) is 20.3 Å². The summed E-state index contributed by atoms with van der Waals surface area (Å²) in [4.78, 5) is 9.75. The van der Waals surface area contributed by atoms with Crippen molar-refractivity contribution < 1.29 is 62.2 Å². The maximum atomic E-state index is 14.9. The number of hydrogen-bond acceptors (Lipinski definition) is 8. The van der Waals surface area contributed by atoms with E-state index in [1.807, 2.05) is 102 Å². The molecule has 0 spiro atoms. The van der Waals surface area contributed by atoms with Crippen molar-refractivity contribution in [3.8, 4) is 79.4 Å². The van der Waals surface area contributed by atoms with Crippen LogP contribution in [0.1, 0.15) is 74.9 Å². The molecule has 0 aliphatic carbocycles. The van der Waals surface area contributed by atoms with Crippen LogP contribution in [0.4, 0.5) is 26.3 Å². The number of benzene rings is 8. The fourth-order valence-electron chi connectivity index (χ4n) is 9.52. The molecule has 0 aliphatic heterocycles. The van der Waals surface area contributed by atoms with Crippen molar-refractivity contribution in [2.24, 2.45) is 0 Å². The second kappa shape index (κ2) is 23.4. The van der Waals surface area contributed by atoms with Gasteiger partial charge in [-0.1, -0.05) is 0 Å². The molecule has 83 heavy (non-hydrogen) atoms. The zero-order chi connectivity index (χ0) is 59.2. The van der Waals surface area contributed by atoms with Crippen LogP contribution in [-0.4, -0.2) is 20.3 Å². The van der Waals surface area contributed by atoms with E-state index in [4.69, 9.17) is 71.0 Å². The van der Waals surface area contributed by atoms with E-state index in [0.717, 1.165) is 35.4 Å². The van der Waals surface area contributed by atoms with Crippen LogP contribution in [0.25, 0.3) is 67.9 Å². The number of halogens is 10. The van der Waals surface area contributed by atoms with Crippen LogP contribution in [0.5, 0.6) is 11.5 Å². The molecule has 10 rings (SSSR count). The maximum absolute atomic E-state index is 14.9. The monoisotopic (exact) mass is 1280 g/mol. The predicted molar refractivity (Wildman–Crippen MR) is 310 cm³/mol. The third-order valence-electron chi connectivity index (χ3n) is 13.8. The van der Waals surface area contributed by atoms with Gasteiger partial charge in [0.25, 0.3) is 0 Å². The molecule has 0 unspecified atom stereocenters. The topological polar surface area (TPSA) is 96.3 Å². The summed E-state index contributed by atoms with van der Waals surface area (Å²) in [6.07, 6.45) is -9.52. The first-order chi connectivity index (χ1) is 39.2. The van der Waals surface area contributed by atoms with E-state index in [-0.39, 0.29) is 108 Å². The van der Waals surface area contributed by atoms with Crippen LogP contribution in [0.2, 0.25) is 20.1 Å². The molecule has 0 bridgehead atoms. The van der Waals surface area contributed by atoms with Crippen LogP contribution >= 0.6 is 46.4 Å². The van der Waals surface area contributed by atoms with Gasteiger partial charge in [-0.3, -0.25) is 0 Å². The second-order valence-corrected chi connectivity index (χ2v) is 30.8. The first-order valence-electron chi connectivity index (χ1n) is 26.0. The molecule has 0 N–H and O–H groups in total. The molecule has 0 atom stereocenters. The van der Waals surface area contributed by atoms with Gasteiger partial charge in [0, 0.05) is 0 Å². The molecule has 0 saturated carbocycles. The van der Waals surface area contributed by atoms with Gasteiger partial charge in [-0.2, -0.15) is 0 Å². The van der Waals surface area contributed by atoms with Crippen LogP contribution in [0, 0.1) is 0 Å². The van der Waals surface area contributed by atoms with Crippen LogP contribution in [0.15, 0.2) is 179 Å². The summed E-state index contributed by atoms with van der Waals surface area (Å²) in [7, 11) is 0. The minimum absolute atomic E-state index is 0.00856. The Bertz CT molecular complexity index is 3710. The van der Waals surface area contributed by atoms with E-state index >= 15 is 0 Å². The third kappa shape index (κ3) is 13.2. The first-order valence-corrected chi connectivity index (χ1v) is 33.0. The van der Waals surface area contributed by atoms with Crippen molar-refractivity contribution in [2.75, 3.05) is 0 Å². The van der Waals surface area contributed by atoms with Crippen molar-refractivity contribution in [3.05, 3.63) is 223 Å². The second-order valence-electron chi connectivity index (χ2n) is 21.9. The summed E-state index contributed by atoms with van der Waals surface area (Å²) in [6.45, 7) is 11.7. The van der Waals surface area contributed by atoms with Gasteiger partial charge in [0.2, 0.25) is 0 Å². The zero-order valence-corrected chi connectivity index (χ0v) is 50.8. The number of alkyl halides is 6. The summed E-state index contributed by atoms with van der Waals surface area (Å²) in [6, 6.07) is 45.4. The number of aromatic nitrogens is 4. The molecule has 2 aromatic heterocycles. The minimum atomic E-state index is -5.74. The van der Waals surface area contributed by atoms with Gasteiger partial charge in [-0.05, 0) is 0 Å². The summed E-state index contributed by atoms with van der Waals surface area (Å²) in [5.41, 5.74) is 1.12. The summed E-state index contributed by atoms with van der Waals surface area (Å²) in [5.74, 6) is -0.170. The Balaban J connectivity index is 1.33. The Labute approximate surface area is 501 Å². The van der Waals surface area contributed by atoms with Gasteiger partial charge >= 0.3 is 505 Å². The quantitative estimate of drug-likeness (QED) is 0.0994. The van der Waals surface area contributed by atoms with Crippen molar-refractivity contribution in [1.29, 1.82) is 0 Å². The van der Waals surface area contributed by atoms with Crippen LogP contribution in [0.3, 0.4) is 0 Å². The van der Waals surface area contributed by atoms with Crippen LogP contribution < -0.4 is 5.63 Å². The van der Waals surface area contributed by atoms with Gasteiger partial charge < -0.3 is 0 Å². The molecule has 0 amide bonds. The molecule has 424 valence electrons. The molecule has 0 radical (unpaired) electrons. The van der Waals surface area contributed by atoms with E-state index in [0.29, 0.717) is 11.1 Å². The normalized spacial score (nSPS) is 12.4. The van der Waals surface area contributed by atoms with E-state index < -0.39 is 55.5 Å². The Kier molecular flexibility index (Phi) is 16.7. The molecule has 19 heteroatoms. The van der Waals surface area contributed by atoms with E-state index in [9.17, 15) is 26.3 Å². The first kappa shape index (κ1) is 59.4. The molecule has 0 aliphatic rings. The Morgan fingerprint density at radius 2 is 0.747 bits per heavy atom. The zero-order valence-electron chi connectivity index (χ0n) is 45.3. The summed E-state index contributed by atoms with van der Waals surface area (Å²) in [5, 5.41) is 9.58. The van der Waals surface area contributed by atoms with E-state index in [2.05, 4.69) is 10.3 Å². The molecular weight excluding hydrogens is 1240 g/mol.